The smallest absolute Gasteiger partial charge is 0.273 e. The maximum atomic E-state index is 13.1. The van der Waals surface area contributed by atoms with Gasteiger partial charge in [-0.25, -0.2) is 9.69 Å². The molecule has 4 amide bonds. The number of barbiturate groups is 1. The van der Waals surface area contributed by atoms with Gasteiger partial charge in [0.05, 0.1) is 21.2 Å². The lowest BCUT2D eigenvalue weighted by Crippen LogP contribution is -2.54. The number of amides is 4. The molecule has 38 heavy (non-hydrogen) atoms. The van der Waals surface area contributed by atoms with Crippen LogP contribution in [-0.2, 0) is 9.59 Å². The van der Waals surface area contributed by atoms with Gasteiger partial charge in [0.15, 0.2) is 0 Å². The van der Waals surface area contributed by atoms with Crippen molar-refractivity contribution in [2.45, 2.75) is 17.0 Å². The van der Waals surface area contributed by atoms with E-state index in [0.717, 1.165) is 22.2 Å². The third-order valence-corrected chi connectivity index (χ3v) is 6.53. The number of hydrogen-bond acceptors (Lipinski definition) is 9. The van der Waals surface area contributed by atoms with Gasteiger partial charge in [-0.05, 0) is 71.1 Å². The molecular formula is C25H17N7O5S. The number of anilines is 1. The van der Waals surface area contributed by atoms with Crippen LogP contribution in [0.25, 0.3) is 11.8 Å². The van der Waals surface area contributed by atoms with Gasteiger partial charge in [0.1, 0.15) is 5.57 Å². The zero-order chi connectivity index (χ0) is 26.8. The number of rotatable bonds is 6. The molecule has 0 atom stereocenters. The van der Waals surface area contributed by atoms with E-state index in [1.54, 1.807) is 36.4 Å². The topological polar surface area (TPSA) is 153 Å². The van der Waals surface area contributed by atoms with Crippen LogP contribution in [0.1, 0.15) is 11.1 Å². The van der Waals surface area contributed by atoms with Crippen molar-refractivity contribution in [3.05, 3.63) is 99.6 Å². The number of nitrogens with zero attached hydrogens (tertiary/aromatic N) is 6. The Bertz CT molecular complexity index is 1620. The van der Waals surface area contributed by atoms with Crippen molar-refractivity contribution in [2.75, 3.05) is 4.90 Å². The monoisotopic (exact) mass is 527 g/mol. The molecule has 5 rings (SSSR count). The van der Waals surface area contributed by atoms with E-state index < -0.39 is 22.8 Å². The molecule has 0 saturated carbocycles. The Morgan fingerprint density at radius 1 is 0.974 bits per heavy atom. The van der Waals surface area contributed by atoms with E-state index in [1.165, 1.54) is 29.0 Å². The van der Waals surface area contributed by atoms with Gasteiger partial charge < -0.3 is 0 Å². The van der Waals surface area contributed by atoms with Gasteiger partial charge in [-0.15, -0.1) is 5.10 Å². The number of nitro benzene ring substituents is 1. The fourth-order valence-corrected chi connectivity index (χ4v) is 4.55. The van der Waals surface area contributed by atoms with Gasteiger partial charge in [-0.2, -0.15) is 4.68 Å². The lowest BCUT2D eigenvalue weighted by molar-refractivity contribution is -0.387. The lowest BCUT2D eigenvalue weighted by atomic mass is 10.1. The van der Waals surface area contributed by atoms with E-state index in [0.29, 0.717) is 10.8 Å². The van der Waals surface area contributed by atoms with E-state index in [4.69, 9.17) is 0 Å². The third kappa shape index (κ3) is 4.77. The van der Waals surface area contributed by atoms with Crippen LogP contribution in [0.2, 0.25) is 0 Å². The third-order valence-electron chi connectivity index (χ3n) is 5.53. The first-order valence-electron chi connectivity index (χ1n) is 11.1. The van der Waals surface area contributed by atoms with E-state index in [1.807, 2.05) is 25.1 Å². The Hall–Kier alpha value is -5.17. The number of carbonyl (C=O) groups is 3. The van der Waals surface area contributed by atoms with Crippen LogP contribution >= 0.6 is 11.8 Å². The number of nitro groups is 1. The average molecular weight is 528 g/mol. The molecule has 1 N–H and O–H groups in total. The maximum absolute atomic E-state index is 13.1. The molecule has 0 spiro atoms. The van der Waals surface area contributed by atoms with E-state index in [-0.39, 0.29) is 27.4 Å². The standard InChI is InChI=1S/C25H17N7O5S/c1-15-7-10-17(11-8-15)30-23(34)19(22(33)26-24(30)35)13-16-9-12-21(20(14-16)32(36)37)38-25-27-28-29-31(25)18-5-3-2-4-6-18/h2-14H,1H3,(H,26,33,35)/b19-13+. The summed E-state index contributed by atoms with van der Waals surface area (Å²) in [5, 5.41) is 25.9. The summed E-state index contributed by atoms with van der Waals surface area (Å²) >= 11 is 0.991. The van der Waals surface area contributed by atoms with Crippen LogP contribution < -0.4 is 10.2 Å². The summed E-state index contributed by atoms with van der Waals surface area (Å²) in [5.41, 5.74) is 1.49. The number of aromatic nitrogens is 4. The Morgan fingerprint density at radius 2 is 1.71 bits per heavy atom. The highest BCUT2D eigenvalue weighted by molar-refractivity contribution is 7.99. The second-order valence-corrected chi connectivity index (χ2v) is 9.10. The van der Waals surface area contributed by atoms with Gasteiger partial charge in [0.25, 0.3) is 17.5 Å². The summed E-state index contributed by atoms with van der Waals surface area (Å²) < 4.78 is 1.45. The second-order valence-electron chi connectivity index (χ2n) is 8.09. The van der Waals surface area contributed by atoms with Crippen molar-refractivity contribution >= 4 is 47.1 Å². The van der Waals surface area contributed by atoms with Crippen LogP contribution in [0.4, 0.5) is 16.2 Å². The summed E-state index contributed by atoms with van der Waals surface area (Å²) in [6.07, 6.45) is 1.21. The van der Waals surface area contributed by atoms with Crippen molar-refractivity contribution < 1.29 is 19.3 Å². The molecule has 4 aromatic rings. The molecule has 1 saturated heterocycles. The highest BCUT2D eigenvalue weighted by Crippen LogP contribution is 2.35. The van der Waals surface area contributed by atoms with Crippen LogP contribution in [0.5, 0.6) is 0 Å². The van der Waals surface area contributed by atoms with E-state index in [2.05, 4.69) is 20.8 Å². The highest BCUT2D eigenvalue weighted by atomic mass is 32.2. The summed E-state index contributed by atoms with van der Waals surface area (Å²) in [6, 6.07) is 19.0. The molecule has 0 aliphatic carbocycles. The van der Waals surface area contributed by atoms with Crippen LogP contribution in [0.3, 0.4) is 0 Å². The van der Waals surface area contributed by atoms with E-state index in [9.17, 15) is 24.5 Å². The SMILES string of the molecule is Cc1ccc(N2C(=O)NC(=O)/C(=C\c3ccc(Sc4nnnn4-c4ccccc4)c([N+](=O)[O-])c3)C2=O)cc1. The Labute approximate surface area is 219 Å². The summed E-state index contributed by atoms with van der Waals surface area (Å²) in [4.78, 5) is 50.4. The molecule has 2 heterocycles. The fourth-order valence-electron chi connectivity index (χ4n) is 3.68. The normalized spacial score (nSPS) is 14.6. The predicted molar refractivity (Wildman–Crippen MR) is 137 cm³/mol. The second kappa shape index (κ2) is 10.1. The first kappa shape index (κ1) is 24.5. The molecule has 13 heteroatoms. The minimum Gasteiger partial charge on any atom is -0.273 e. The Balaban J connectivity index is 1.47. The molecule has 1 fully saturated rings. The Morgan fingerprint density at radius 3 is 2.42 bits per heavy atom. The predicted octanol–water partition coefficient (Wildman–Crippen LogP) is 3.70. The molecule has 3 aromatic carbocycles. The fraction of sp³-hybridized carbons (Fsp3) is 0.0400. The van der Waals surface area contributed by atoms with Crippen LogP contribution in [0.15, 0.2) is 88.4 Å². The van der Waals surface area contributed by atoms with Gasteiger partial charge in [0, 0.05) is 6.07 Å². The molecule has 1 aliphatic rings. The van der Waals surface area contributed by atoms with Crippen LogP contribution in [-0.4, -0.2) is 43.0 Å². The number of aryl methyl sites for hydroxylation is 1. The minimum absolute atomic E-state index is 0.223. The number of tetrazole rings is 1. The number of hydrogen-bond donors (Lipinski definition) is 1. The number of imide groups is 2. The number of benzene rings is 3. The van der Waals surface area contributed by atoms with Gasteiger partial charge in [-0.3, -0.25) is 25.0 Å². The molecular weight excluding hydrogens is 510 g/mol. The number of urea groups is 1. The van der Waals surface area contributed by atoms with Crippen LogP contribution in [0, 0.1) is 17.0 Å². The van der Waals surface area contributed by atoms with Crippen molar-refractivity contribution in [3.63, 3.8) is 0 Å². The average Bonchev–Trinajstić information content (AvgIpc) is 3.37. The van der Waals surface area contributed by atoms with Crippen molar-refractivity contribution in [1.82, 2.24) is 25.5 Å². The minimum atomic E-state index is -0.897. The molecule has 0 unspecified atom stereocenters. The Kier molecular flexibility index (Phi) is 6.49. The number of para-hydroxylation sites is 1. The first-order valence-corrected chi connectivity index (χ1v) is 11.9. The summed E-state index contributed by atoms with van der Waals surface area (Å²) in [6.45, 7) is 1.85. The lowest BCUT2D eigenvalue weighted by Gasteiger charge is -2.26. The maximum Gasteiger partial charge on any atom is 0.335 e. The molecule has 188 valence electrons. The molecule has 0 radical (unpaired) electrons. The number of carbonyl (C=O) groups excluding carboxylic acids is 3. The highest BCUT2D eigenvalue weighted by Gasteiger charge is 2.37. The molecule has 0 bridgehead atoms. The largest absolute Gasteiger partial charge is 0.335 e. The number of nitrogens with one attached hydrogen (secondary N) is 1. The first-order chi connectivity index (χ1) is 18.3. The zero-order valence-electron chi connectivity index (χ0n) is 19.6. The molecule has 1 aromatic heterocycles. The van der Waals surface area contributed by atoms with Gasteiger partial charge in [0.2, 0.25) is 5.16 Å². The molecule has 1 aliphatic heterocycles. The zero-order valence-corrected chi connectivity index (χ0v) is 20.5. The summed E-state index contributed by atoms with van der Waals surface area (Å²) in [7, 11) is 0. The quantitative estimate of drug-likeness (QED) is 0.171. The van der Waals surface area contributed by atoms with Gasteiger partial charge >= 0.3 is 6.03 Å². The van der Waals surface area contributed by atoms with Gasteiger partial charge in [-0.1, -0.05) is 42.0 Å². The van der Waals surface area contributed by atoms with Crippen molar-refractivity contribution in [2.24, 2.45) is 0 Å². The molecule has 12 nitrogen and oxygen atoms in total. The van der Waals surface area contributed by atoms with E-state index >= 15 is 0 Å². The van der Waals surface area contributed by atoms with Crippen molar-refractivity contribution in [3.8, 4) is 5.69 Å². The summed E-state index contributed by atoms with van der Waals surface area (Å²) in [5.74, 6) is -1.74. The van der Waals surface area contributed by atoms with Crippen molar-refractivity contribution in [1.29, 1.82) is 0 Å².